The highest BCUT2D eigenvalue weighted by molar-refractivity contribution is 5.71. The van der Waals surface area contributed by atoms with E-state index in [9.17, 15) is 14.3 Å². The first-order chi connectivity index (χ1) is 17.5. The lowest BCUT2D eigenvalue weighted by Crippen LogP contribution is -2.16. The Morgan fingerprint density at radius 1 is 1.00 bits per heavy atom. The average molecular weight is 511 g/mol. The van der Waals surface area contributed by atoms with Crippen molar-refractivity contribution in [1.82, 2.24) is 0 Å². The van der Waals surface area contributed by atoms with E-state index in [2.05, 4.69) is 27.7 Å². The second kappa shape index (κ2) is 11.8. The van der Waals surface area contributed by atoms with Crippen molar-refractivity contribution in [2.24, 2.45) is 5.41 Å². The van der Waals surface area contributed by atoms with Crippen molar-refractivity contribution in [3.05, 3.63) is 82.9 Å². The molecule has 0 aliphatic rings. The van der Waals surface area contributed by atoms with Crippen LogP contribution in [0.4, 0.5) is 8.78 Å². The average Bonchev–Trinajstić information content (AvgIpc) is 2.86. The van der Waals surface area contributed by atoms with Gasteiger partial charge >= 0.3 is 5.97 Å². The van der Waals surface area contributed by atoms with Crippen LogP contribution in [0.25, 0.3) is 11.1 Å². The monoisotopic (exact) mass is 510 g/mol. The van der Waals surface area contributed by atoms with Crippen LogP contribution in [0, 0.1) is 17.0 Å². The molecule has 37 heavy (non-hydrogen) atoms. The first kappa shape index (κ1) is 28.2. The van der Waals surface area contributed by atoms with Crippen LogP contribution in [0.15, 0.2) is 54.6 Å². The zero-order chi connectivity index (χ0) is 27.3. The Bertz CT molecular complexity index is 1250. The van der Waals surface area contributed by atoms with E-state index in [1.165, 1.54) is 6.07 Å². The normalized spacial score (nSPS) is 13.2. The third kappa shape index (κ3) is 6.68. The van der Waals surface area contributed by atoms with Gasteiger partial charge in [0, 0.05) is 5.56 Å². The SMILES string of the molecule is CC[C@H](CC(=O)O)c1cccc(OCc2ccc(-c3cc(OC)ccc3F)c([C@H](C)C(C)(C)C)c2)c1F. The van der Waals surface area contributed by atoms with Crippen molar-refractivity contribution in [3.63, 3.8) is 0 Å². The van der Waals surface area contributed by atoms with Gasteiger partial charge in [0.1, 0.15) is 18.2 Å². The molecule has 0 unspecified atom stereocenters. The number of carboxylic acid groups (broad SMARTS) is 1. The van der Waals surface area contributed by atoms with E-state index in [0.717, 1.165) is 16.7 Å². The minimum Gasteiger partial charge on any atom is -0.497 e. The van der Waals surface area contributed by atoms with Crippen LogP contribution in [0.2, 0.25) is 0 Å². The third-order valence-corrected chi connectivity index (χ3v) is 7.09. The van der Waals surface area contributed by atoms with E-state index in [4.69, 9.17) is 9.47 Å². The lowest BCUT2D eigenvalue weighted by molar-refractivity contribution is -0.137. The summed E-state index contributed by atoms with van der Waals surface area (Å²) in [6.07, 6.45) is 0.357. The Hall–Kier alpha value is -3.41. The smallest absolute Gasteiger partial charge is 0.303 e. The van der Waals surface area contributed by atoms with Crippen molar-refractivity contribution in [1.29, 1.82) is 0 Å². The second-order valence-electron chi connectivity index (χ2n) is 10.5. The number of hydrogen-bond donors (Lipinski definition) is 1. The molecular weight excluding hydrogens is 474 g/mol. The Kier molecular flexibility index (Phi) is 8.95. The number of ether oxygens (including phenoxy) is 2. The van der Waals surface area contributed by atoms with Gasteiger partial charge in [0.05, 0.1) is 13.5 Å². The highest BCUT2D eigenvalue weighted by Crippen LogP contribution is 2.41. The van der Waals surface area contributed by atoms with Gasteiger partial charge in [-0.2, -0.15) is 0 Å². The number of aliphatic carboxylic acids is 1. The number of benzene rings is 3. The fraction of sp³-hybridized carbons (Fsp3) is 0.387. The van der Waals surface area contributed by atoms with Gasteiger partial charge in [0.25, 0.3) is 0 Å². The van der Waals surface area contributed by atoms with Crippen molar-refractivity contribution in [2.45, 2.75) is 65.9 Å². The van der Waals surface area contributed by atoms with Crippen molar-refractivity contribution in [2.75, 3.05) is 7.11 Å². The van der Waals surface area contributed by atoms with Gasteiger partial charge in [-0.05, 0) is 70.2 Å². The van der Waals surface area contributed by atoms with Gasteiger partial charge in [0.15, 0.2) is 11.6 Å². The molecule has 2 atom stereocenters. The van der Waals surface area contributed by atoms with Crippen LogP contribution in [-0.2, 0) is 11.4 Å². The highest BCUT2D eigenvalue weighted by Gasteiger charge is 2.26. The molecule has 4 nitrogen and oxygen atoms in total. The molecule has 0 saturated carbocycles. The second-order valence-corrected chi connectivity index (χ2v) is 10.5. The molecule has 3 aromatic rings. The molecule has 0 amide bonds. The Labute approximate surface area is 218 Å². The summed E-state index contributed by atoms with van der Waals surface area (Å²) in [6.45, 7) is 10.5. The number of halogens is 2. The fourth-order valence-electron chi connectivity index (χ4n) is 4.41. The molecule has 0 aliphatic carbocycles. The van der Waals surface area contributed by atoms with E-state index in [0.29, 0.717) is 23.3 Å². The van der Waals surface area contributed by atoms with Crippen LogP contribution in [-0.4, -0.2) is 18.2 Å². The zero-order valence-electron chi connectivity index (χ0n) is 22.4. The molecule has 0 radical (unpaired) electrons. The van der Waals surface area contributed by atoms with Gasteiger partial charge in [-0.3, -0.25) is 4.79 Å². The molecule has 0 fully saturated rings. The van der Waals surface area contributed by atoms with E-state index in [-0.39, 0.29) is 35.9 Å². The summed E-state index contributed by atoms with van der Waals surface area (Å²) < 4.78 is 41.4. The summed E-state index contributed by atoms with van der Waals surface area (Å²) in [5, 5.41) is 9.18. The Morgan fingerprint density at radius 2 is 1.73 bits per heavy atom. The van der Waals surface area contributed by atoms with Crippen molar-refractivity contribution >= 4 is 5.97 Å². The highest BCUT2D eigenvalue weighted by atomic mass is 19.1. The van der Waals surface area contributed by atoms with Gasteiger partial charge in [-0.25, -0.2) is 8.78 Å². The first-order valence-electron chi connectivity index (χ1n) is 12.6. The number of rotatable bonds is 10. The van der Waals surface area contributed by atoms with Crippen LogP contribution < -0.4 is 9.47 Å². The van der Waals surface area contributed by atoms with E-state index < -0.39 is 17.7 Å². The largest absolute Gasteiger partial charge is 0.497 e. The molecular formula is C31H36F2O4. The third-order valence-electron chi connectivity index (χ3n) is 7.09. The number of carboxylic acids is 1. The van der Waals surface area contributed by atoms with Crippen LogP contribution in [0.5, 0.6) is 11.5 Å². The molecule has 0 spiro atoms. The predicted octanol–water partition coefficient (Wildman–Crippen LogP) is 8.34. The number of hydrogen-bond acceptors (Lipinski definition) is 3. The fourth-order valence-corrected chi connectivity index (χ4v) is 4.41. The molecule has 0 saturated heterocycles. The predicted molar refractivity (Wildman–Crippen MR) is 142 cm³/mol. The van der Waals surface area contributed by atoms with Crippen molar-refractivity contribution < 1.29 is 28.2 Å². The Balaban J connectivity index is 1.96. The minimum absolute atomic E-state index is 0.0782. The number of carbonyl (C=O) groups is 1. The summed E-state index contributed by atoms with van der Waals surface area (Å²) >= 11 is 0. The van der Waals surface area contributed by atoms with Gasteiger partial charge in [-0.15, -0.1) is 0 Å². The maximum Gasteiger partial charge on any atom is 0.303 e. The van der Waals surface area contributed by atoms with E-state index in [1.54, 1.807) is 37.4 Å². The van der Waals surface area contributed by atoms with E-state index >= 15 is 4.39 Å². The lowest BCUT2D eigenvalue weighted by atomic mass is 9.75. The van der Waals surface area contributed by atoms with E-state index in [1.807, 2.05) is 25.1 Å². The molecule has 6 heteroatoms. The summed E-state index contributed by atoms with van der Waals surface area (Å²) in [6, 6.07) is 15.3. The maximum absolute atomic E-state index is 15.3. The van der Waals surface area contributed by atoms with Gasteiger partial charge in [-0.1, -0.05) is 65.0 Å². The first-order valence-corrected chi connectivity index (χ1v) is 12.6. The maximum atomic E-state index is 15.3. The lowest BCUT2D eigenvalue weighted by Gasteiger charge is -2.30. The van der Waals surface area contributed by atoms with Crippen LogP contribution >= 0.6 is 0 Å². The Morgan fingerprint density at radius 3 is 2.35 bits per heavy atom. The summed E-state index contributed by atoms with van der Waals surface area (Å²) in [7, 11) is 1.55. The topological polar surface area (TPSA) is 55.8 Å². The quantitative estimate of drug-likeness (QED) is 0.298. The van der Waals surface area contributed by atoms with Crippen LogP contribution in [0.1, 0.15) is 76.0 Å². The molecule has 3 aromatic carbocycles. The zero-order valence-corrected chi connectivity index (χ0v) is 22.4. The molecule has 198 valence electrons. The molecule has 0 aliphatic heterocycles. The molecule has 0 heterocycles. The molecule has 0 aromatic heterocycles. The molecule has 1 N–H and O–H groups in total. The molecule has 0 bridgehead atoms. The van der Waals surface area contributed by atoms with Gasteiger partial charge < -0.3 is 14.6 Å². The summed E-state index contributed by atoms with van der Waals surface area (Å²) in [4.78, 5) is 11.2. The summed E-state index contributed by atoms with van der Waals surface area (Å²) in [5.41, 5.74) is 3.26. The standard InChI is InChI=1S/C31H36F2O4/c1-7-21(16-29(34)35)23-9-8-10-28(30(23)33)37-18-20-11-13-24(25(15-20)19(2)31(3,4)5)26-17-22(36-6)12-14-27(26)32/h8-15,17,19,21H,7,16,18H2,1-6H3,(H,34,35)/t19-,21+/m0/s1. The van der Waals surface area contributed by atoms with Crippen molar-refractivity contribution in [3.8, 4) is 22.6 Å². The number of methoxy groups -OCH3 is 1. The van der Waals surface area contributed by atoms with Gasteiger partial charge in [0.2, 0.25) is 0 Å². The summed E-state index contributed by atoms with van der Waals surface area (Å²) in [5.74, 6) is -1.54. The minimum atomic E-state index is -0.967. The van der Waals surface area contributed by atoms with Crippen LogP contribution in [0.3, 0.4) is 0 Å². The molecule has 3 rings (SSSR count).